The Morgan fingerprint density at radius 3 is 2.73 bits per heavy atom. The summed E-state index contributed by atoms with van der Waals surface area (Å²) >= 11 is 0. The molecule has 0 saturated carbocycles. The maximum Gasteiger partial charge on any atom is 0.226 e. The van der Waals surface area contributed by atoms with Crippen LogP contribution in [-0.2, 0) is 16.0 Å². The minimum Gasteiger partial charge on any atom is -0.390 e. The highest BCUT2D eigenvalue weighted by atomic mass is 16.5. The number of hydrogen-bond donors (Lipinski definition) is 1. The van der Waals surface area contributed by atoms with Gasteiger partial charge in [0.15, 0.2) is 0 Å². The van der Waals surface area contributed by atoms with Crippen molar-refractivity contribution >= 4 is 5.91 Å². The molecule has 0 aromatic heterocycles. The Balaban J connectivity index is 1.79. The first-order valence-corrected chi connectivity index (χ1v) is 7.83. The Morgan fingerprint density at radius 1 is 1.36 bits per heavy atom. The van der Waals surface area contributed by atoms with Gasteiger partial charge in [0.25, 0.3) is 0 Å². The van der Waals surface area contributed by atoms with Gasteiger partial charge in [-0.05, 0) is 18.1 Å². The minimum absolute atomic E-state index is 0.0373. The van der Waals surface area contributed by atoms with Gasteiger partial charge in [-0.2, -0.15) is 0 Å². The van der Waals surface area contributed by atoms with Crippen molar-refractivity contribution in [2.24, 2.45) is 0 Å². The van der Waals surface area contributed by atoms with Crippen LogP contribution in [0.15, 0.2) is 24.3 Å². The number of β-amino-alcohol motifs (C(OH)–C–C–N with tert-alkyl or cyclic N) is 1. The summed E-state index contributed by atoms with van der Waals surface area (Å²) in [5.41, 5.74) is 2.17. The van der Waals surface area contributed by atoms with E-state index in [9.17, 15) is 9.90 Å². The van der Waals surface area contributed by atoms with Gasteiger partial charge in [0.1, 0.15) is 0 Å². The van der Waals surface area contributed by atoms with E-state index in [-0.39, 0.29) is 5.91 Å². The molecule has 1 aromatic rings. The van der Waals surface area contributed by atoms with E-state index in [1.54, 1.807) is 11.9 Å². The van der Waals surface area contributed by atoms with E-state index < -0.39 is 6.10 Å². The van der Waals surface area contributed by atoms with Crippen LogP contribution < -0.4 is 0 Å². The molecule has 1 saturated heterocycles. The average Bonchev–Trinajstić information content (AvgIpc) is 2.50. The topological polar surface area (TPSA) is 53.0 Å². The van der Waals surface area contributed by atoms with E-state index in [1.165, 1.54) is 0 Å². The minimum atomic E-state index is -0.524. The molecule has 122 valence electrons. The quantitative estimate of drug-likeness (QED) is 0.840. The number of hydrogen-bond acceptors (Lipinski definition) is 4. The molecule has 1 aromatic carbocycles. The summed E-state index contributed by atoms with van der Waals surface area (Å²) in [7, 11) is 1.75. The number of carbonyl (C=O) groups is 1. The van der Waals surface area contributed by atoms with Crippen molar-refractivity contribution < 1.29 is 14.6 Å². The Morgan fingerprint density at radius 2 is 2.05 bits per heavy atom. The Hall–Kier alpha value is -1.43. The maximum atomic E-state index is 12.3. The average molecular weight is 306 g/mol. The van der Waals surface area contributed by atoms with Gasteiger partial charge in [0.05, 0.1) is 25.7 Å². The lowest BCUT2D eigenvalue weighted by molar-refractivity contribution is -0.130. The fraction of sp³-hybridized carbons (Fsp3) is 0.588. The molecule has 0 bridgehead atoms. The number of aliphatic hydroxyl groups excluding tert-OH is 1. The van der Waals surface area contributed by atoms with Crippen LogP contribution in [0.1, 0.15) is 11.1 Å². The van der Waals surface area contributed by atoms with E-state index in [1.807, 2.05) is 31.2 Å². The van der Waals surface area contributed by atoms with E-state index in [2.05, 4.69) is 4.90 Å². The summed E-state index contributed by atoms with van der Waals surface area (Å²) in [6, 6.07) is 7.91. The molecule has 5 nitrogen and oxygen atoms in total. The molecule has 1 aliphatic heterocycles. The third kappa shape index (κ3) is 5.09. The van der Waals surface area contributed by atoms with Gasteiger partial charge < -0.3 is 14.7 Å². The number of aliphatic hydroxyl groups is 1. The van der Waals surface area contributed by atoms with Crippen LogP contribution in [-0.4, -0.2) is 73.4 Å². The Bertz CT molecular complexity index is 487. The smallest absolute Gasteiger partial charge is 0.226 e. The first kappa shape index (κ1) is 16.9. The molecule has 0 radical (unpaired) electrons. The third-order valence-electron chi connectivity index (χ3n) is 4.09. The number of morpholine rings is 1. The van der Waals surface area contributed by atoms with Crippen molar-refractivity contribution in [3.63, 3.8) is 0 Å². The fourth-order valence-electron chi connectivity index (χ4n) is 2.66. The van der Waals surface area contributed by atoms with E-state index >= 15 is 0 Å². The van der Waals surface area contributed by atoms with Crippen molar-refractivity contribution in [1.29, 1.82) is 0 Å². The number of amides is 1. The number of rotatable bonds is 6. The molecular weight excluding hydrogens is 280 g/mol. The summed E-state index contributed by atoms with van der Waals surface area (Å²) in [6.07, 6.45) is -0.142. The Kier molecular flexibility index (Phi) is 6.36. The highest BCUT2D eigenvalue weighted by Gasteiger charge is 2.18. The zero-order valence-electron chi connectivity index (χ0n) is 13.5. The molecule has 1 atom stereocenters. The summed E-state index contributed by atoms with van der Waals surface area (Å²) in [4.78, 5) is 16.1. The molecule has 1 fully saturated rings. The second-order valence-corrected chi connectivity index (χ2v) is 5.94. The van der Waals surface area contributed by atoms with Gasteiger partial charge in [0.2, 0.25) is 5.91 Å². The number of nitrogens with zero attached hydrogens (tertiary/aromatic N) is 2. The number of aryl methyl sites for hydroxylation is 1. The highest BCUT2D eigenvalue weighted by molar-refractivity contribution is 5.78. The SMILES string of the molecule is Cc1ccccc1CC(=O)N(C)CC(O)CN1CCOCC1. The lowest BCUT2D eigenvalue weighted by atomic mass is 10.1. The summed E-state index contributed by atoms with van der Waals surface area (Å²) in [5.74, 6) is 0.0373. The van der Waals surface area contributed by atoms with Gasteiger partial charge in [-0.25, -0.2) is 0 Å². The first-order valence-electron chi connectivity index (χ1n) is 7.83. The monoisotopic (exact) mass is 306 g/mol. The highest BCUT2D eigenvalue weighted by Crippen LogP contribution is 2.09. The lowest BCUT2D eigenvalue weighted by Crippen LogP contribution is -2.45. The normalized spacial score (nSPS) is 17.2. The van der Waals surface area contributed by atoms with Gasteiger partial charge in [-0.1, -0.05) is 24.3 Å². The van der Waals surface area contributed by atoms with Crippen molar-refractivity contribution in [1.82, 2.24) is 9.80 Å². The Labute approximate surface area is 132 Å². The first-order chi connectivity index (χ1) is 10.6. The van der Waals surface area contributed by atoms with Gasteiger partial charge >= 0.3 is 0 Å². The predicted molar refractivity (Wildman–Crippen MR) is 85.8 cm³/mol. The summed E-state index contributed by atoms with van der Waals surface area (Å²) in [5, 5.41) is 10.2. The van der Waals surface area contributed by atoms with Gasteiger partial charge in [-0.15, -0.1) is 0 Å². The van der Waals surface area contributed by atoms with Crippen LogP contribution in [0.3, 0.4) is 0 Å². The number of benzene rings is 1. The van der Waals surface area contributed by atoms with Crippen LogP contribution in [0, 0.1) is 6.92 Å². The fourth-order valence-corrected chi connectivity index (χ4v) is 2.66. The summed E-state index contributed by atoms with van der Waals surface area (Å²) in [6.45, 7) is 6.09. The van der Waals surface area contributed by atoms with Gasteiger partial charge in [0, 0.05) is 33.2 Å². The third-order valence-corrected chi connectivity index (χ3v) is 4.09. The molecule has 1 aliphatic rings. The van der Waals surface area contributed by atoms with Crippen LogP contribution in [0.4, 0.5) is 0 Å². The molecular formula is C17H26N2O3. The number of ether oxygens (including phenoxy) is 1. The number of carbonyl (C=O) groups excluding carboxylic acids is 1. The molecule has 2 rings (SSSR count). The van der Waals surface area contributed by atoms with Crippen LogP contribution in [0.5, 0.6) is 0 Å². The molecule has 1 unspecified atom stereocenters. The molecule has 22 heavy (non-hydrogen) atoms. The van der Waals surface area contributed by atoms with Crippen LogP contribution in [0.25, 0.3) is 0 Å². The van der Waals surface area contributed by atoms with Crippen molar-refractivity contribution in [2.75, 3.05) is 46.4 Å². The molecule has 1 amide bonds. The molecule has 1 heterocycles. The maximum absolute atomic E-state index is 12.3. The van der Waals surface area contributed by atoms with Crippen LogP contribution >= 0.6 is 0 Å². The van der Waals surface area contributed by atoms with E-state index in [0.29, 0.717) is 19.5 Å². The standard InChI is InChI=1S/C17H26N2O3/c1-14-5-3-4-6-15(14)11-17(21)18(2)12-16(20)13-19-7-9-22-10-8-19/h3-6,16,20H,7-13H2,1-2H3. The molecule has 5 heteroatoms. The zero-order chi connectivity index (χ0) is 15.9. The molecule has 0 aliphatic carbocycles. The van der Waals surface area contributed by atoms with Crippen LogP contribution in [0.2, 0.25) is 0 Å². The van der Waals surface area contributed by atoms with Crippen molar-refractivity contribution in [2.45, 2.75) is 19.4 Å². The van der Waals surface area contributed by atoms with E-state index in [0.717, 1.165) is 37.4 Å². The molecule has 0 spiro atoms. The second kappa shape index (κ2) is 8.27. The predicted octanol–water partition coefficient (Wildman–Crippen LogP) is 0.689. The number of likely N-dealkylation sites (N-methyl/N-ethyl adjacent to an activating group) is 1. The van der Waals surface area contributed by atoms with Crippen molar-refractivity contribution in [3.8, 4) is 0 Å². The largest absolute Gasteiger partial charge is 0.390 e. The second-order valence-electron chi connectivity index (χ2n) is 5.94. The molecule has 1 N–H and O–H groups in total. The van der Waals surface area contributed by atoms with Crippen molar-refractivity contribution in [3.05, 3.63) is 35.4 Å². The van der Waals surface area contributed by atoms with Gasteiger partial charge in [-0.3, -0.25) is 9.69 Å². The van der Waals surface area contributed by atoms with E-state index in [4.69, 9.17) is 4.74 Å². The lowest BCUT2D eigenvalue weighted by Gasteiger charge is -2.30. The zero-order valence-corrected chi connectivity index (χ0v) is 13.5. The summed E-state index contributed by atoms with van der Waals surface area (Å²) < 4.78 is 5.29.